The van der Waals surface area contributed by atoms with Crippen LogP contribution in [0.4, 0.5) is 13.2 Å². The molecule has 1 aliphatic carbocycles. The van der Waals surface area contributed by atoms with Crippen molar-refractivity contribution in [3.05, 3.63) is 64.7 Å². The maximum absolute atomic E-state index is 14.6. The molecule has 1 aliphatic rings. The van der Waals surface area contributed by atoms with Crippen molar-refractivity contribution in [3.63, 3.8) is 0 Å². The topological polar surface area (TPSA) is 12.9 Å². The first-order valence-electron chi connectivity index (χ1n) is 9.68. The molecule has 0 bridgehead atoms. The number of nitrogens with zero attached hydrogens (tertiary/aromatic N) is 1. The Hall–Kier alpha value is -1.84. The van der Waals surface area contributed by atoms with Gasteiger partial charge in [0.05, 0.1) is 0 Å². The van der Waals surface area contributed by atoms with Crippen molar-refractivity contribution in [2.75, 3.05) is 0 Å². The van der Waals surface area contributed by atoms with E-state index in [1.807, 2.05) is 12.1 Å². The van der Waals surface area contributed by atoms with E-state index in [2.05, 4.69) is 11.9 Å². The Balaban J connectivity index is 1.62. The number of hydrogen-bond acceptors (Lipinski definition) is 1. The Kier molecular flexibility index (Phi) is 6.33. The molecule has 26 heavy (non-hydrogen) atoms. The van der Waals surface area contributed by atoms with Gasteiger partial charge in [0.25, 0.3) is 0 Å². The number of hydrogen-bond donors (Lipinski definition) is 0. The van der Waals surface area contributed by atoms with Crippen LogP contribution < -0.4 is 0 Å². The van der Waals surface area contributed by atoms with E-state index in [-0.39, 0.29) is 17.7 Å². The average molecular weight is 361 g/mol. The van der Waals surface area contributed by atoms with Crippen LogP contribution in [0.3, 0.4) is 0 Å². The Morgan fingerprint density at radius 3 is 2.15 bits per heavy atom. The third kappa shape index (κ3) is 4.46. The number of aromatic nitrogens is 1. The number of pyridine rings is 1. The second-order valence-electron chi connectivity index (χ2n) is 7.38. The third-order valence-electron chi connectivity index (χ3n) is 5.58. The van der Waals surface area contributed by atoms with E-state index in [9.17, 15) is 13.2 Å². The first-order chi connectivity index (χ1) is 12.6. The van der Waals surface area contributed by atoms with Crippen LogP contribution in [-0.4, -0.2) is 4.98 Å². The number of halogens is 3. The fourth-order valence-corrected chi connectivity index (χ4v) is 4.08. The zero-order chi connectivity index (χ0) is 18.5. The Labute approximate surface area is 153 Å². The second-order valence-corrected chi connectivity index (χ2v) is 7.38. The van der Waals surface area contributed by atoms with E-state index in [1.54, 1.807) is 6.07 Å². The standard InChI is InChI=1S/C22H26F3N/c1-2-3-4-5-15-6-11-18(20(23)14-15)16-7-9-17(10-8-16)19-12-13-21(24)26-22(19)25/h6,11-14,16-17H,2-5,7-10H2,1H3/t16-,17-. The minimum Gasteiger partial charge on any atom is -0.207 e. The molecule has 0 radical (unpaired) electrons. The van der Waals surface area contributed by atoms with Crippen LogP contribution in [0.25, 0.3) is 0 Å². The van der Waals surface area contributed by atoms with Gasteiger partial charge in [-0.2, -0.15) is 13.8 Å². The van der Waals surface area contributed by atoms with Gasteiger partial charge in [0.1, 0.15) is 5.82 Å². The molecule has 1 fully saturated rings. The Bertz CT molecular complexity index is 736. The van der Waals surface area contributed by atoms with Gasteiger partial charge in [-0.05, 0) is 79.7 Å². The maximum atomic E-state index is 14.6. The van der Waals surface area contributed by atoms with Crippen LogP contribution in [0, 0.1) is 17.7 Å². The van der Waals surface area contributed by atoms with Gasteiger partial charge >= 0.3 is 0 Å². The molecule has 2 aromatic rings. The zero-order valence-corrected chi connectivity index (χ0v) is 15.3. The summed E-state index contributed by atoms with van der Waals surface area (Å²) in [5, 5.41) is 0. The lowest BCUT2D eigenvalue weighted by molar-refractivity contribution is 0.374. The highest BCUT2D eigenvalue weighted by atomic mass is 19.1. The number of aryl methyl sites for hydroxylation is 1. The third-order valence-corrected chi connectivity index (χ3v) is 5.58. The summed E-state index contributed by atoms with van der Waals surface area (Å²) < 4.78 is 41.4. The quantitative estimate of drug-likeness (QED) is 0.413. The molecule has 3 rings (SSSR count). The first-order valence-corrected chi connectivity index (χ1v) is 9.68. The van der Waals surface area contributed by atoms with Gasteiger partial charge in [-0.3, -0.25) is 0 Å². The summed E-state index contributed by atoms with van der Waals surface area (Å²) in [5.74, 6) is -1.41. The van der Waals surface area contributed by atoms with Crippen LogP contribution in [0.15, 0.2) is 30.3 Å². The van der Waals surface area contributed by atoms with Crippen molar-refractivity contribution in [2.24, 2.45) is 0 Å². The fraction of sp³-hybridized carbons (Fsp3) is 0.500. The molecule has 1 saturated carbocycles. The van der Waals surface area contributed by atoms with E-state index in [0.717, 1.165) is 56.1 Å². The van der Waals surface area contributed by atoms with Crippen LogP contribution >= 0.6 is 0 Å². The highest BCUT2D eigenvalue weighted by Gasteiger charge is 2.27. The average Bonchev–Trinajstić information content (AvgIpc) is 2.63. The van der Waals surface area contributed by atoms with Crippen LogP contribution in [0.5, 0.6) is 0 Å². The zero-order valence-electron chi connectivity index (χ0n) is 15.3. The lowest BCUT2D eigenvalue weighted by Crippen LogP contribution is -2.15. The van der Waals surface area contributed by atoms with Gasteiger partial charge in [0.15, 0.2) is 0 Å². The van der Waals surface area contributed by atoms with Crippen molar-refractivity contribution in [2.45, 2.75) is 70.1 Å². The molecule has 0 amide bonds. The molecule has 0 atom stereocenters. The number of rotatable bonds is 6. The van der Waals surface area contributed by atoms with E-state index in [0.29, 0.717) is 5.56 Å². The van der Waals surface area contributed by atoms with Gasteiger partial charge in [0.2, 0.25) is 11.9 Å². The van der Waals surface area contributed by atoms with Crippen molar-refractivity contribution >= 4 is 0 Å². The molecular weight excluding hydrogens is 335 g/mol. The second kappa shape index (κ2) is 8.70. The Morgan fingerprint density at radius 2 is 1.54 bits per heavy atom. The van der Waals surface area contributed by atoms with Crippen molar-refractivity contribution in [1.82, 2.24) is 4.98 Å². The molecule has 1 aromatic heterocycles. The van der Waals surface area contributed by atoms with E-state index in [4.69, 9.17) is 0 Å². The van der Waals surface area contributed by atoms with Crippen molar-refractivity contribution < 1.29 is 13.2 Å². The molecule has 140 valence electrons. The summed E-state index contributed by atoms with van der Waals surface area (Å²) in [6, 6.07) is 8.36. The molecule has 4 heteroatoms. The van der Waals surface area contributed by atoms with Gasteiger partial charge in [-0.1, -0.05) is 31.9 Å². The largest absolute Gasteiger partial charge is 0.218 e. The normalized spacial score (nSPS) is 20.3. The molecular formula is C22H26F3N. The molecule has 0 saturated heterocycles. The smallest absolute Gasteiger partial charge is 0.207 e. The fourth-order valence-electron chi connectivity index (χ4n) is 4.08. The molecule has 0 aliphatic heterocycles. The summed E-state index contributed by atoms with van der Waals surface area (Å²) in [6.45, 7) is 2.16. The van der Waals surface area contributed by atoms with Crippen molar-refractivity contribution in [3.8, 4) is 0 Å². The van der Waals surface area contributed by atoms with Gasteiger partial charge < -0.3 is 0 Å². The van der Waals surface area contributed by atoms with Gasteiger partial charge in [0, 0.05) is 5.56 Å². The first kappa shape index (κ1) is 18.9. The summed E-state index contributed by atoms with van der Waals surface area (Å²) in [7, 11) is 0. The maximum Gasteiger partial charge on any atom is 0.218 e. The number of benzene rings is 1. The summed E-state index contributed by atoms with van der Waals surface area (Å²) in [6.07, 6.45) is 7.52. The minimum atomic E-state index is -0.791. The van der Waals surface area contributed by atoms with Crippen molar-refractivity contribution in [1.29, 1.82) is 0 Å². The lowest BCUT2D eigenvalue weighted by atomic mass is 9.76. The van der Waals surface area contributed by atoms with Gasteiger partial charge in [-0.15, -0.1) is 0 Å². The van der Waals surface area contributed by atoms with E-state index in [1.165, 1.54) is 18.6 Å². The predicted octanol–water partition coefficient (Wildman–Crippen LogP) is 6.67. The SMILES string of the molecule is CCCCCc1ccc([C@H]2CC[C@H](c3ccc(F)nc3F)CC2)c(F)c1. The number of unbranched alkanes of at least 4 members (excludes halogenated alkanes) is 2. The highest BCUT2D eigenvalue weighted by Crippen LogP contribution is 2.41. The Morgan fingerprint density at radius 1 is 0.885 bits per heavy atom. The molecule has 0 spiro atoms. The molecule has 1 nitrogen and oxygen atoms in total. The summed E-state index contributed by atoms with van der Waals surface area (Å²) in [5.41, 5.74) is 2.32. The molecule has 0 N–H and O–H groups in total. The van der Waals surface area contributed by atoms with E-state index < -0.39 is 11.9 Å². The predicted molar refractivity (Wildman–Crippen MR) is 97.7 cm³/mol. The van der Waals surface area contributed by atoms with Crippen LogP contribution in [-0.2, 0) is 6.42 Å². The van der Waals surface area contributed by atoms with E-state index >= 15 is 0 Å². The highest BCUT2D eigenvalue weighted by molar-refractivity contribution is 5.28. The molecule has 1 aromatic carbocycles. The lowest BCUT2D eigenvalue weighted by Gasteiger charge is -2.29. The summed E-state index contributed by atoms with van der Waals surface area (Å²) >= 11 is 0. The molecule has 1 heterocycles. The van der Waals surface area contributed by atoms with Crippen LogP contribution in [0.2, 0.25) is 0 Å². The van der Waals surface area contributed by atoms with Crippen LogP contribution in [0.1, 0.15) is 80.4 Å². The molecule has 0 unspecified atom stereocenters. The monoisotopic (exact) mass is 361 g/mol. The minimum absolute atomic E-state index is 0.0377. The van der Waals surface area contributed by atoms with Gasteiger partial charge in [-0.25, -0.2) is 4.39 Å². The summed E-state index contributed by atoms with van der Waals surface area (Å²) in [4.78, 5) is 3.29.